The molecule has 0 aliphatic carbocycles. The maximum atomic E-state index is 12.7. The van der Waals surface area contributed by atoms with Crippen LogP contribution >= 0.6 is 11.3 Å². The minimum absolute atomic E-state index is 0.200. The zero-order valence-corrected chi connectivity index (χ0v) is 18.2. The molecule has 0 aliphatic rings. The molecule has 158 valence electrons. The van der Waals surface area contributed by atoms with E-state index in [1.54, 1.807) is 31.2 Å². The number of hydrogen-bond donors (Lipinski definition) is 2. The summed E-state index contributed by atoms with van der Waals surface area (Å²) >= 11 is 1.33. The molecule has 7 heteroatoms. The molecule has 1 aromatic heterocycles. The maximum absolute atomic E-state index is 12.7. The number of carboxylic acid groups (broad SMARTS) is 1. The first kappa shape index (κ1) is 22.1. The molecule has 0 aliphatic heterocycles. The first-order valence-electron chi connectivity index (χ1n) is 9.53. The van der Waals surface area contributed by atoms with Gasteiger partial charge in [0.25, 0.3) is 5.91 Å². The number of aryl methyl sites for hydroxylation is 1. The fraction of sp³-hybridized carbons (Fsp3) is 0.208. The Hall–Kier alpha value is -3.63. The van der Waals surface area contributed by atoms with Crippen molar-refractivity contribution in [2.75, 3.05) is 0 Å². The van der Waals surface area contributed by atoms with Crippen molar-refractivity contribution in [1.29, 1.82) is 0 Å². The van der Waals surface area contributed by atoms with Crippen LogP contribution in [0.4, 0.5) is 0 Å². The lowest BCUT2D eigenvalue weighted by molar-refractivity contribution is -0.152. The molecule has 0 saturated carbocycles. The van der Waals surface area contributed by atoms with Crippen LogP contribution in [0.1, 0.15) is 40.3 Å². The molecular formula is C24H22N2O4S. The lowest BCUT2D eigenvalue weighted by Gasteiger charge is -2.21. The van der Waals surface area contributed by atoms with Gasteiger partial charge in [0.2, 0.25) is 0 Å². The number of carbonyl (C=O) groups excluding carboxylic acids is 1. The van der Waals surface area contributed by atoms with Gasteiger partial charge in [-0.2, -0.15) is 0 Å². The third-order valence-electron chi connectivity index (χ3n) is 4.57. The highest BCUT2D eigenvalue weighted by atomic mass is 32.1. The van der Waals surface area contributed by atoms with Crippen LogP contribution in [0.5, 0.6) is 5.75 Å². The fourth-order valence-electron chi connectivity index (χ4n) is 2.72. The summed E-state index contributed by atoms with van der Waals surface area (Å²) < 4.78 is 5.48. The van der Waals surface area contributed by atoms with Crippen LogP contribution in [-0.2, 0) is 11.3 Å². The highest BCUT2D eigenvalue weighted by molar-refractivity contribution is 7.17. The van der Waals surface area contributed by atoms with Gasteiger partial charge in [0.1, 0.15) is 15.6 Å². The van der Waals surface area contributed by atoms with Gasteiger partial charge in [-0.05, 0) is 50.6 Å². The fourth-order valence-corrected chi connectivity index (χ4v) is 3.70. The summed E-state index contributed by atoms with van der Waals surface area (Å²) in [6.07, 6.45) is 5.39. The molecule has 1 amide bonds. The topological polar surface area (TPSA) is 88.5 Å². The summed E-state index contributed by atoms with van der Waals surface area (Å²) in [5, 5.41) is 12.8. The summed E-state index contributed by atoms with van der Waals surface area (Å²) in [5.41, 5.74) is 1.90. The van der Waals surface area contributed by atoms with Gasteiger partial charge in [0.05, 0.1) is 5.69 Å². The molecule has 0 spiro atoms. The average molecular weight is 435 g/mol. The third kappa shape index (κ3) is 5.30. The van der Waals surface area contributed by atoms with E-state index in [4.69, 9.17) is 16.3 Å². The average Bonchev–Trinajstić information content (AvgIpc) is 3.14. The largest absolute Gasteiger partial charge is 0.478 e. The Bertz CT molecular complexity index is 1140. The van der Waals surface area contributed by atoms with E-state index < -0.39 is 11.6 Å². The monoisotopic (exact) mass is 434 g/mol. The highest BCUT2D eigenvalue weighted by Gasteiger charge is 2.29. The summed E-state index contributed by atoms with van der Waals surface area (Å²) in [6.45, 7) is 5.10. The molecule has 2 aromatic carbocycles. The lowest BCUT2D eigenvalue weighted by atomic mass is 10.1. The second kappa shape index (κ2) is 9.02. The zero-order valence-electron chi connectivity index (χ0n) is 17.4. The quantitative estimate of drug-likeness (QED) is 0.542. The van der Waals surface area contributed by atoms with Crippen LogP contribution < -0.4 is 10.1 Å². The number of thiazole rings is 1. The summed E-state index contributed by atoms with van der Waals surface area (Å²) in [7, 11) is 0. The maximum Gasteiger partial charge on any atom is 0.347 e. The number of hydrogen-bond acceptors (Lipinski definition) is 5. The molecule has 0 bridgehead atoms. The number of carboxylic acids is 1. The Labute approximate surface area is 184 Å². The first-order chi connectivity index (χ1) is 14.7. The number of nitrogens with one attached hydrogen (secondary N) is 1. The summed E-state index contributed by atoms with van der Waals surface area (Å²) in [4.78, 5) is 28.9. The molecule has 6 nitrogen and oxygen atoms in total. The van der Waals surface area contributed by atoms with Gasteiger partial charge < -0.3 is 15.2 Å². The standard InChI is InChI=1S/C24H22N2O4S/c1-5-16-6-10-18(11-7-16)22-26-15(2)20(31-22)21(27)25-14-17-8-12-19(13-9-17)30-24(3,4)23(28)29/h1,6-13H,14H2,2-4H3,(H,25,27)(H,28,29). The Kier molecular flexibility index (Phi) is 6.42. The molecule has 1 heterocycles. The predicted molar refractivity (Wildman–Crippen MR) is 120 cm³/mol. The second-order valence-electron chi connectivity index (χ2n) is 7.40. The molecule has 0 unspecified atom stereocenters. The molecule has 2 N–H and O–H groups in total. The van der Waals surface area contributed by atoms with Crippen molar-refractivity contribution < 1.29 is 19.4 Å². The Morgan fingerprint density at radius 2 is 1.81 bits per heavy atom. The van der Waals surface area contributed by atoms with Crippen LogP contribution in [0, 0.1) is 19.3 Å². The van der Waals surface area contributed by atoms with Gasteiger partial charge in [-0.3, -0.25) is 4.79 Å². The Morgan fingerprint density at radius 1 is 1.16 bits per heavy atom. The van der Waals surface area contributed by atoms with Crippen LogP contribution in [0.15, 0.2) is 48.5 Å². The Balaban J connectivity index is 1.64. The van der Waals surface area contributed by atoms with Crippen molar-refractivity contribution >= 4 is 23.2 Å². The van der Waals surface area contributed by atoms with E-state index >= 15 is 0 Å². The molecule has 0 radical (unpaired) electrons. The van der Waals surface area contributed by atoms with Gasteiger partial charge in [-0.15, -0.1) is 17.8 Å². The van der Waals surface area contributed by atoms with E-state index in [1.165, 1.54) is 25.2 Å². The minimum atomic E-state index is -1.32. The number of rotatable bonds is 7. The molecule has 0 atom stereocenters. The molecule has 0 saturated heterocycles. The van der Waals surface area contributed by atoms with Gasteiger partial charge in [-0.25, -0.2) is 9.78 Å². The minimum Gasteiger partial charge on any atom is -0.478 e. The first-order valence-corrected chi connectivity index (χ1v) is 10.4. The normalized spacial score (nSPS) is 10.9. The zero-order chi connectivity index (χ0) is 22.6. The molecule has 3 rings (SSSR count). The second-order valence-corrected chi connectivity index (χ2v) is 8.40. The predicted octanol–water partition coefficient (Wildman–Crippen LogP) is 4.27. The van der Waals surface area contributed by atoms with Crippen molar-refractivity contribution in [3.63, 3.8) is 0 Å². The van der Waals surface area contributed by atoms with Gasteiger partial charge in [0.15, 0.2) is 5.60 Å². The molecule has 0 fully saturated rings. The number of benzene rings is 2. The third-order valence-corrected chi connectivity index (χ3v) is 5.77. The molecular weight excluding hydrogens is 412 g/mol. The van der Waals surface area contributed by atoms with Gasteiger partial charge in [0, 0.05) is 17.7 Å². The number of nitrogens with zero attached hydrogens (tertiary/aromatic N) is 1. The molecule has 3 aromatic rings. The number of ether oxygens (including phenoxy) is 1. The van der Waals surface area contributed by atoms with Crippen molar-refractivity contribution in [3.05, 3.63) is 70.2 Å². The number of aromatic nitrogens is 1. The van der Waals surface area contributed by atoms with Crippen molar-refractivity contribution in [1.82, 2.24) is 10.3 Å². The molecule has 31 heavy (non-hydrogen) atoms. The van der Waals surface area contributed by atoms with E-state index in [0.717, 1.165) is 21.7 Å². The highest BCUT2D eigenvalue weighted by Crippen LogP contribution is 2.28. The lowest BCUT2D eigenvalue weighted by Crippen LogP contribution is -2.37. The van der Waals surface area contributed by atoms with E-state index in [0.29, 0.717) is 22.9 Å². The van der Waals surface area contributed by atoms with Gasteiger partial charge >= 0.3 is 5.97 Å². The van der Waals surface area contributed by atoms with Crippen LogP contribution in [0.3, 0.4) is 0 Å². The summed E-state index contributed by atoms with van der Waals surface area (Å²) in [6, 6.07) is 14.4. The Morgan fingerprint density at radius 3 is 2.39 bits per heavy atom. The van der Waals surface area contributed by atoms with Crippen LogP contribution in [0.25, 0.3) is 10.6 Å². The van der Waals surface area contributed by atoms with E-state index in [9.17, 15) is 9.59 Å². The van der Waals surface area contributed by atoms with Crippen molar-refractivity contribution in [2.24, 2.45) is 0 Å². The van der Waals surface area contributed by atoms with Crippen molar-refractivity contribution in [2.45, 2.75) is 32.9 Å². The number of carbonyl (C=O) groups is 2. The summed E-state index contributed by atoms with van der Waals surface area (Å²) in [5.74, 6) is 1.78. The number of amides is 1. The van der Waals surface area contributed by atoms with E-state index in [-0.39, 0.29) is 5.91 Å². The van der Waals surface area contributed by atoms with Crippen LogP contribution in [-0.4, -0.2) is 27.6 Å². The van der Waals surface area contributed by atoms with E-state index in [2.05, 4.69) is 16.2 Å². The SMILES string of the molecule is C#Cc1ccc(-c2nc(C)c(C(=O)NCc3ccc(OC(C)(C)C(=O)O)cc3)s2)cc1. The van der Waals surface area contributed by atoms with E-state index in [1.807, 2.05) is 24.3 Å². The van der Waals surface area contributed by atoms with Crippen molar-refractivity contribution in [3.8, 4) is 28.7 Å². The van der Waals surface area contributed by atoms with Crippen LogP contribution in [0.2, 0.25) is 0 Å². The smallest absolute Gasteiger partial charge is 0.347 e. The number of terminal acetylenes is 1. The van der Waals surface area contributed by atoms with Gasteiger partial charge in [-0.1, -0.05) is 30.2 Å². The number of aliphatic carboxylic acids is 1.